The fourth-order valence-electron chi connectivity index (χ4n) is 1.42. The highest BCUT2D eigenvalue weighted by atomic mass is 79.9. The molecule has 1 N–H and O–H groups in total. The third kappa shape index (κ3) is 3.84. The highest BCUT2D eigenvalue weighted by Gasteiger charge is 2.19. The molecule has 1 aromatic rings. The van der Waals surface area contributed by atoms with E-state index in [0.717, 1.165) is 35.8 Å². The molecule has 0 amide bonds. The third-order valence-electron chi connectivity index (χ3n) is 2.50. The lowest BCUT2D eigenvalue weighted by Gasteiger charge is -2.08. The van der Waals surface area contributed by atoms with Crippen LogP contribution < -0.4 is 10.1 Å². The van der Waals surface area contributed by atoms with Gasteiger partial charge >= 0.3 is 0 Å². The van der Waals surface area contributed by atoms with Gasteiger partial charge in [0.1, 0.15) is 12.4 Å². The fourth-order valence-corrected chi connectivity index (χ4v) is 1.82. The van der Waals surface area contributed by atoms with Crippen molar-refractivity contribution < 1.29 is 4.74 Å². The van der Waals surface area contributed by atoms with E-state index in [9.17, 15) is 0 Å². The molecule has 2 nitrogen and oxygen atoms in total. The molecular formula is C12H16BrNO. The SMILES string of the molecule is Brc1ccccc1OCCNCC1CC1. The topological polar surface area (TPSA) is 21.3 Å². The van der Waals surface area contributed by atoms with Gasteiger partial charge in [-0.15, -0.1) is 0 Å². The van der Waals surface area contributed by atoms with Crippen LogP contribution in [0.2, 0.25) is 0 Å². The van der Waals surface area contributed by atoms with Gasteiger partial charge < -0.3 is 10.1 Å². The van der Waals surface area contributed by atoms with E-state index in [1.54, 1.807) is 0 Å². The molecule has 0 bridgehead atoms. The Bertz CT molecular complexity index is 312. The van der Waals surface area contributed by atoms with Crippen molar-refractivity contribution in [2.75, 3.05) is 19.7 Å². The normalized spacial score (nSPS) is 15.3. The fraction of sp³-hybridized carbons (Fsp3) is 0.500. The van der Waals surface area contributed by atoms with E-state index < -0.39 is 0 Å². The molecule has 15 heavy (non-hydrogen) atoms. The molecular weight excluding hydrogens is 254 g/mol. The summed E-state index contributed by atoms with van der Waals surface area (Å²) in [4.78, 5) is 0. The number of hydrogen-bond donors (Lipinski definition) is 1. The highest BCUT2D eigenvalue weighted by molar-refractivity contribution is 9.10. The van der Waals surface area contributed by atoms with Crippen LogP contribution in [0, 0.1) is 5.92 Å². The average Bonchev–Trinajstić information content (AvgIpc) is 3.04. The molecule has 82 valence electrons. The predicted molar refractivity (Wildman–Crippen MR) is 65.2 cm³/mol. The Labute approximate surface area is 99.1 Å². The van der Waals surface area contributed by atoms with Gasteiger partial charge in [0.2, 0.25) is 0 Å². The van der Waals surface area contributed by atoms with E-state index in [4.69, 9.17) is 4.74 Å². The molecule has 0 atom stereocenters. The van der Waals surface area contributed by atoms with Crippen LogP contribution in [0.3, 0.4) is 0 Å². The number of nitrogens with one attached hydrogen (secondary N) is 1. The van der Waals surface area contributed by atoms with E-state index in [-0.39, 0.29) is 0 Å². The third-order valence-corrected chi connectivity index (χ3v) is 3.16. The van der Waals surface area contributed by atoms with E-state index >= 15 is 0 Å². The van der Waals surface area contributed by atoms with E-state index in [1.165, 1.54) is 12.8 Å². The van der Waals surface area contributed by atoms with Gasteiger partial charge in [-0.05, 0) is 53.4 Å². The minimum atomic E-state index is 0.731. The van der Waals surface area contributed by atoms with Crippen molar-refractivity contribution in [3.05, 3.63) is 28.7 Å². The summed E-state index contributed by atoms with van der Waals surface area (Å²) in [5.74, 6) is 1.86. The van der Waals surface area contributed by atoms with Crippen molar-refractivity contribution >= 4 is 15.9 Å². The molecule has 3 heteroatoms. The quantitative estimate of drug-likeness (QED) is 0.802. The van der Waals surface area contributed by atoms with Gasteiger partial charge in [0.05, 0.1) is 4.47 Å². The van der Waals surface area contributed by atoms with Gasteiger partial charge in [-0.2, -0.15) is 0 Å². The number of hydrogen-bond acceptors (Lipinski definition) is 2. The maximum atomic E-state index is 5.63. The maximum Gasteiger partial charge on any atom is 0.133 e. The monoisotopic (exact) mass is 269 g/mol. The number of benzene rings is 1. The summed E-state index contributed by atoms with van der Waals surface area (Å²) in [5.41, 5.74) is 0. The smallest absolute Gasteiger partial charge is 0.133 e. The summed E-state index contributed by atoms with van der Waals surface area (Å²) in [6.07, 6.45) is 2.80. The van der Waals surface area contributed by atoms with E-state index in [2.05, 4.69) is 21.2 Å². The lowest BCUT2D eigenvalue weighted by molar-refractivity contribution is 0.311. The van der Waals surface area contributed by atoms with Crippen molar-refractivity contribution in [3.63, 3.8) is 0 Å². The Balaban J connectivity index is 1.62. The van der Waals surface area contributed by atoms with Crippen molar-refractivity contribution in [2.24, 2.45) is 5.92 Å². The molecule has 0 saturated heterocycles. The lowest BCUT2D eigenvalue weighted by atomic mass is 10.3. The van der Waals surface area contributed by atoms with Gasteiger partial charge in [0.25, 0.3) is 0 Å². The van der Waals surface area contributed by atoms with Crippen LogP contribution in [0.5, 0.6) is 5.75 Å². The average molecular weight is 270 g/mol. The molecule has 0 aromatic heterocycles. The first-order chi connectivity index (χ1) is 7.36. The highest BCUT2D eigenvalue weighted by Crippen LogP contribution is 2.27. The number of halogens is 1. The summed E-state index contributed by atoms with van der Waals surface area (Å²) in [6.45, 7) is 2.81. The molecule has 0 heterocycles. The van der Waals surface area contributed by atoms with Crippen LogP contribution in [0.4, 0.5) is 0 Å². The second kappa shape index (κ2) is 5.52. The summed E-state index contributed by atoms with van der Waals surface area (Å²) in [5, 5.41) is 3.40. The van der Waals surface area contributed by atoms with Crippen molar-refractivity contribution in [1.82, 2.24) is 5.32 Å². The summed E-state index contributed by atoms with van der Waals surface area (Å²) >= 11 is 3.45. The standard InChI is InChI=1S/C12H16BrNO/c13-11-3-1-2-4-12(11)15-8-7-14-9-10-5-6-10/h1-4,10,14H,5-9H2. The number of ether oxygens (including phenoxy) is 1. The number of rotatable bonds is 6. The first-order valence-electron chi connectivity index (χ1n) is 5.44. The van der Waals surface area contributed by atoms with Gasteiger partial charge in [-0.25, -0.2) is 0 Å². The minimum absolute atomic E-state index is 0.731. The molecule has 1 aliphatic carbocycles. The van der Waals surface area contributed by atoms with E-state index in [0.29, 0.717) is 0 Å². The zero-order chi connectivity index (χ0) is 10.5. The molecule has 1 aliphatic rings. The Morgan fingerprint density at radius 1 is 1.33 bits per heavy atom. The first kappa shape index (κ1) is 11.0. The second-order valence-corrected chi connectivity index (χ2v) is 4.78. The Morgan fingerprint density at radius 2 is 2.13 bits per heavy atom. The molecule has 1 aromatic carbocycles. The molecule has 2 rings (SSSR count). The molecule has 1 fully saturated rings. The zero-order valence-corrected chi connectivity index (χ0v) is 10.3. The van der Waals surface area contributed by atoms with Crippen LogP contribution in [0.25, 0.3) is 0 Å². The summed E-state index contributed by atoms with van der Waals surface area (Å²) in [6, 6.07) is 7.94. The van der Waals surface area contributed by atoms with E-state index in [1.807, 2.05) is 24.3 Å². The number of para-hydroxylation sites is 1. The summed E-state index contributed by atoms with van der Waals surface area (Å²) < 4.78 is 6.65. The van der Waals surface area contributed by atoms with Crippen molar-refractivity contribution in [2.45, 2.75) is 12.8 Å². The van der Waals surface area contributed by atoms with Crippen LogP contribution in [-0.4, -0.2) is 19.7 Å². The van der Waals surface area contributed by atoms with Crippen LogP contribution in [0.1, 0.15) is 12.8 Å². The van der Waals surface area contributed by atoms with Gasteiger partial charge in [-0.3, -0.25) is 0 Å². The van der Waals surface area contributed by atoms with Gasteiger partial charge in [-0.1, -0.05) is 12.1 Å². The molecule has 1 saturated carbocycles. The first-order valence-corrected chi connectivity index (χ1v) is 6.23. The van der Waals surface area contributed by atoms with Crippen LogP contribution >= 0.6 is 15.9 Å². The van der Waals surface area contributed by atoms with Gasteiger partial charge in [0, 0.05) is 6.54 Å². The molecule has 0 radical (unpaired) electrons. The van der Waals surface area contributed by atoms with Crippen LogP contribution in [0.15, 0.2) is 28.7 Å². The maximum absolute atomic E-state index is 5.63. The Morgan fingerprint density at radius 3 is 2.87 bits per heavy atom. The zero-order valence-electron chi connectivity index (χ0n) is 8.71. The second-order valence-electron chi connectivity index (χ2n) is 3.93. The van der Waals surface area contributed by atoms with Gasteiger partial charge in [0.15, 0.2) is 0 Å². The molecule has 0 spiro atoms. The predicted octanol–water partition coefficient (Wildman–Crippen LogP) is 2.83. The molecule has 0 aliphatic heterocycles. The lowest BCUT2D eigenvalue weighted by Crippen LogP contribution is -2.23. The largest absolute Gasteiger partial charge is 0.491 e. The van der Waals surface area contributed by atoms with Crippen molar-refractivity contribution in [3.8, 4) is 5.75 Å². The van der Waals surface area contributed by atoms with Crippen molar-refractivity contribution in [1.29, 1.82) is 0 Å². The Kier molecular flexibility index (Phi) is 4.03. The molecule has 0 unspecified atom stereocenters. The van der Waals surface area contributed by atoms with Crippen LogP contribution in [-0.2, 0) is 0 Å². The minimum Gasteiger partial charge on any atom is -0.491 e. The Hall–Kier alpha value is -0.540. The summed E-state index contributed by atoms with van der Waals surface area (Å²) in [7, 11) is 0.